The maximum atomic E-state index is 11.2. The summed E-state index contributed by atoms with van der Waals surface area (Å²) in [5.41, 5.74) is 0.364. The number of ether oxygens (including phenoxy) is 26. The Morgan fingerprint density at radius 2 is 0.289 bits per heavy atom. The molecule has 0 amide bonds. The highest BCUT2D eigenvalue weighted by molar-refractivity contribution is 5.86. The first-order chi connectivity index (χ1) is 41.2. The van der Waals surface area contributed by atoms with Crippen LogP contribution in [-0.2, 0) is 128 Å². The molecule has 0 saturated carbocycles. The molecule has 0 atom stereocenters. The van der Waals surface area contributed by atoms with Gasteiger partial charge in [0.25, 0.3) is 0 Å². The lowest BCUT2D eigenvalue weighted by molar-refractivity contribution is -0.140. The summed E-state index contributed by atoms with van der Waals surface area (Å²) in [6, 6.07) is 0. The van der Waals surface area contributed by atoms with Crippen molar-refractivity contribution in [2.45, 2.75) is 13.8 Å². The van der Waals surface area contributed by atoms with Crippen LogP contribution in [-0.4, -0.2) is 343 Å². The summed E-state index contributed by atoms with van der Waals surface area (Å²) in [4.78, 5) is 11.2. The monoisotopic (exact) mass is 1210 g/mol. The molecule has 0 aromatic rings. The molecular weight excluding hydrogens is 1100 g/mol. The predicted octanol–water partition coefficient (Wildman–Crippen LogP) is 1.54. The zero-order valence-corrected chi connectivity index (χ0v) is 50.8. The first kappa shape index (κ1) is 81.2. The van der Waals surface area contributed by atoms with Crippen LogP contribution in [0.15, 0.2) is 12.2 Å². The summed E-state index contributed by atoms with van der Waals surface area (Å²) in [7, 11) is 0. The standard InChI is InChI=1S/C56H110O27/c1-4-58-5-6-59-7-8-60-9-10-61-11-12-62-13-14-63-15-16-64-17-18-65-19-20-66-21-22-67-23-24-68-25-26-69-27-28-70-29-30-71-31-32-72-33-34-73-35-36-74-37-38-75-39-40-76-41-42-77-43-44-78-45-46-79-47-48-80-49-50-81-51-52-82-53-54-83-56(57)55(2)3/h2,4-54H2,1,3H3. The summed E-state index contributed by atoms with van der Waals surface area (Å²) in [5, 5.41) is 0. The SMILES string of the molecule is C=C(C)C(=O)OCCOCCOCCOCCOCCOCCOCCOCCOCCOCCOCCOCCOCCOCCOCCOCCOCCOCCOCCOCCOCCOCCOCCOCCOCCOCC. The molecule has 0 aromatic carbocycles. The predicted molar refractivity (Wildman–Crippen MR) is 302 cm³/mol. The molecule has 0 bridgehead atoms. The average Bonchev–Trinajstić information content (AvgIpc) is 3.49. The van der Waals surface area contributed by atoms with E-state index in [1.165, 1.54) is 0 Å². The number of esters is 1. The van der Waals surface area contributed by atoms with Crippen LogP contribution in [0.25, 0.3) is 0 Å². The second-order valence-electron chi connectivity index (χ2n) is 16.8. The Hall–Kier alpha value is -1.79. The fourth-order valence-electron chi connectivity index (χ4n) is 5.74. The van der Waals surface area contributed by atoms with Gasteiger partial charge in [0.1, 0.15) is 6.61 Å². The van der Waals surface area contributed by atoms with Crippen LogP contribution in [0.5, 0.6) is 0 Å². The Kier molecular flexibility index (Phi) is 74.7. The fraction of sp³-hybridized carbons (Fsp3) is 0.946. The third kappa shape index (κ3) is 76.3. The first-order valence-corrected chi connectivity index (χ1v) is 29.4. The van der Waals surface area contributed by atoms with Gasteiger partial charge >= 0.3 is 5.97 Å². The summed E-state index contributed by atoms with van der Waals surface area (Å²) in [5.74, 6) is -0.419. The van der Waals surface area contributed by atoms with E-state index in [1.807, 2.05) is 6.92 Å². The van der Waals surface area contributed by atoms with Crippen molar-refractivity contribution in [2.75, 3.05) is 337 Å². The molecule has 83 heavy (non-hydrogen) atoms. The van der Waals surface area contributed by atoms with Gasteiger partial charge in [-0.2, -0.15) is 0 Å². The molecular formula is C56H110O27. The van der Waals surface area contributed by atoms with Crippen LogP contribution in [0, 0.1) is 0 Å². The topological polar surface area (TPSA) is 257 Å². The zero-order chi connectivity index (χ0) is 59.6. The maximum Gasteiger partial charge on any atom is 0.333 e. The van der Waals surface area contributed by atoms with Gasteiger partial charge in [-0.3, -0.25) is 0 Å². The third-order valence-corrected chi connectivity index (χ3v) is 9.94. The Morgan fingerprint density at radius 3 is 0.386 bits per heavy atom. The van der Waals surface area contributed by atoms with E-state index < -0.39 is 5.97 Å². The minimum atomic E-state index is -0.419. The molecule has 0 saturated heterocycles. The van der Waals surface area contributed by atoms with Crippen molar-refractivity contribution >= 4 is 5.97 Å². The van der Waals surface area contributed by atoms with Crippen LogP contribution >= 0.6 is 0 Å². The second-order valence-corrected chi connectivity index (χ2v) is 16.8. The summed E-state index contributed by atoms with van der Waals surface area (Å²) in [6.07, 6.45) is 0. The molecule has 0 aliphatic rings. The van der Waals surface area contributed by atoms with Crippen molar-refractivity contribution in [2.24, 2.45) is 0 Å². The highest BCUT2D eigenvalue weighted by atomic mass is 16.6. The minimum Gasteiger partial charge on any atom is -0.460 e. The molecule has 0 aliphatic heterocycles. The van der Waals surface area contributed by atoms with E-state index in [-0.39, 0.29) is 6.61 Å². The van der Waals surface area contributed by atoms with Gasteiger partial charge in [-0.25, -0.2) is 4.79 Å². The molecule has 27 heteroatoms. The van der Waals surface area contributed by atoms with E-state index in [1.54, 1.807) is 6.92 Å². The van der Waals surface area contributed by atoms with Gasteiger partial charge in [0, 0.05) is 12.2 Å². The molecule has 0 spiro atoms. The van der Waals surface area contributed by atoms with Gasteiger partial charge in [0.05, 0.1) is 324 Å². The lowest BCUT2D eigenvalue weighted by Gasteiger charge is -2.09. The van der Waals surface area contributed by atoms with Gasteiger partial charge in [-0.15, -0.1) is 0 Å². The highest BCUT2D eigenvalue weighted by Crippen LogP contribution is 1.94. The van der Waals surface area contributed by atoms with E-state index in [4.69, 9.17) is 123 Å². The molecule has 0 radical (unpaired) electrons. The molecule has 0 unspecified atom stereocenters. The van der Waals surface area contributed by atoms with Crippen LogP contribution in [0.3, 0.4) is 0 Å². The average molecular weight is 1220 g/mol. The van der Waals surface area contributed by atoms with Crippen molar-refractivity contribution in [3.05, 3.63) is 12.2 Å². The lowest BCUT2D eigenvalue weighted by Crippen LogP contribution is -2.16. The zero-order valence-electron chi connectivity index (χ0n) is 50.8. The van der Waals surface area contributed by atoms with E-state index in [2.05, 4.69) is 6.58 Å². The summed E-state index contributed by atoms with van der Waals surface area (Å²) < 4.78 is 142. The van der Waals surface area contributed by atoms with Gasteiger partial charge < -0.3 is 123 Å². The minimum absolute atomic E-state index is 0.190. The first-order valence-electron chi connectivity index (χ1n) is 29.4. The lowest BCUT2D eigenvalue weighted by atomic mass is 10.4. The van der Waals surface area contributed by atoms with Gasteiger partial charge in [-0.05, 0) is 13.8 Å². The number of hydrogen-bond acceptors (Lipinski definition) is 27. The quantitative estimate of drug-likeness (QED) is 0.0475. The Bertz CT molecular complexity index is 1220. The Labute approximate surface area is 495 Å². The van der Waals surface area contributed by atoms with E-state index >= 15 is 0 Å². The molecule has 0 fully saturated rings. The number of rotatable bonds is 77. The Morgan fingerprint density at radius 1 is 0.193 bits per heavy atom. The van der Waals surface area contributed by atoms with Crippen molar-refractivity contribution in [1.29, 1.82) is 0 Å². The van der Waals surface area contributed by atoms with Crippen LogP contribution in [0.1, 0.15) is 13.8 Å². The molecule has 0 N–H and O–H groups in total. The van der Waals surface area contributed by atoms with Crippen LogP contribution in [0.4, 0.5) is 0 Å². The van der Waals surface area contributed by atoms with Gasteiger partial charge in [-0.1, -0.05) is 6.58 Å². The maximum absolute atomic E-state index is 11.2. The summed E-state index contributed by atoms with van der Waals surface area (Å²) >= 11 is 0. The number of hydrogen-bond donors (Lipinski definition) is 0. The van der Waals surface area contributed by atoms with Gasteiger partial charge in [0.2, 0.25) is 0 Å². The van der Waals surface area contributed by atoms with Crippen molar-refractivity contribution in [1.82, 2.24) is 0 Å². The summed E-state index contributed by atoms with van der Waals surface area (Å²) in [6.45, 7) is 31.8. The molecule has 496 valence electrons. The van der Waals surface area contributed by atoms with Crippen molar-refractivity contribution < 1.29 is 128 Å². The van der Waals surface area contributed by atoms with Crippen molar-refractivity contribution in [3.63, 3.8) is 0 Å². The van der Waals surface area contributed by atoms with Gasteiger partial charge in [0.15, 0.2) is 0 Å². The molecule has 27 nitrogen and oxygen atoms in total. The molecule has 0 aromatic heterocycles. The van der Waals surface area contributed by atoms with Crippen LogP contribution < -0.4 is 0 Å². The van der Waals surface area contributed by atoms with E-state index in [9.17, 15) is 4.79 Å². The van der Waals surface area contributed by atoms with E-state index in [0.717, 1.165) is 0 Å². The second kappa shape index (κ2) is 76.3. The third-order valence-electron chi connectivity index (χ3n) is 9.94. The number of carbonyl (C=O) groups is 1. The van der Waals surface area contributed by atoms with E-state index in [0.29, 0.717) is 336 Å². The smallest absolute Gasteiger partial charge is 0.333 e. The number of carbonyl (C=O) groups excluding carboxylic acids is 1. The Balaban J connectivity index is 3.09. The largest absolute Gasteiger partial charge is 0.460 e. The normalized spacial score (nSPS) is 11.6. The fourth-order valence-corrected chi connectivity index (χ4v) is 5.74. The van der Waals surface area contributed by atoms with Crippen LogP contribution in [0.2, 0.25) is 0 Å². The molecule has 0 aliphatic carbocycles. The van der Waals surface area contributed by atoms with Crippen molar-refractivity contribution in [3.8, 4) is 0 Å². The molecule has 0 heterocycles. The highest BCUT2D eigenvalue weighted by Gasteiger charge is 2.03. The molecule has 0 rings (SSSR count).